The summed E-state index contributed by atoms with van der Waals surface area (Å²) in [4.78, 5) is 10.1. The van der Waals surface area contributed by atoms with Crippen LogP contribution in [0.15, 0.2) is 0 Å². The van der Waals surface area contributed by atoms with Gasteiger partial charge in [-0.15, -0.1) is 5.92 Å². The van der Waals surface area contributed by atoms with Crippen LogP contribution in [0.25, 0.3) is 0 Å². The van der Waals surface area contributed by atoms with Crippen LogP contribution in [0.1, 0.15) is 19.3 Å². The molecule has 2 nitrogen and oxygen atoms in total. The Bertz CT molecular complexity index is 138. The van der Waals surface area contributed by atoms with E-state index in [0.29, 0.717) is 12.2 Å². The first kappa shape index (κ1) is 8.83. The molecule has 0 aromatic rings. The summed E-state index contributed by atoms with van der Waals surface area (Å²) in [6.07, 6.45) is 5.95. The van der Waals surface area contributed by atoms with E-state index in [1.807, 2.05) is 6.29 Å². The molecule has 1 radical (unpaired) electrons. The van der Waals surface area contributed by atoms with E-state index in [-0.39, 0.29) is 38.6 Å². The Morgan fingerprint density at radius 2 is 2.10 bits per heavy atom. The molecule has 53 valence electrons. The summed E-state index contributed by atoms with van der Waals surface area (Å²) < 4.78 is 5.23. The maximum atomic E-state index is 10.1. The van der Waals surface area contributed by atoms with E-state index in [4.69, 9.17) is 4.74 Å². The van der Waals surface area contributed by atoms with Gasteiger partial charge in [0.1, 0.15) is 0 Å². The second kappa shape index (κ2) is 3.42. The predicted molar refractivity (Wildman–Crippen MR) is 31.7 cm³/mol. The Hall–Kier alpha value is 0.734. The minimum atomic E-state index is 0. The van der Waals surface area contributed by atoms with Crippen molar-refractivity contribution in [3.63, 3.8) is 0 Å². The Morgan fingerprint density at radius 1 is 1.30 bits per heavy atom. The van der Waals surface area contributed by atoms with Gasteiger partial charge < -0.3 is 9.53 Å². The van der Waals surface area contributed by atoms with Crippen molar-refractivity contribution in [1.29, 1.82) is 0 Å². The molecule has 1 aliphatic carbocycles. The van der Waals surface area contributed by atoms with Crippen LogP contribution in [0.3, 0.4) is 0 Å². The predicted octanol–water partition coefficient (Wildman–Crippen LogP) is 0.661. The van der Waals surface area contributed by atoms with Crippen molar-refractivity contribution >= 4 is 6.29 Å². The van der Waals surface area contributed by atoms with Crippen molar-refractivity contribution < 1.29 is 42.2 Å². The molecule has 0 bridgehead atoms. The maximum Gasteiger partial charge on any atom is 0.0840 e. The average molecular weight is 214 g/mol. The van der Waals surface area contributed by atoms with Crippen molar-refractivity contribution in [2.24, 2.45) is 5.92 Å². The fourth-order valence-electron chi connectivity index (χ4n) is 1.51. The van der Waals surface area contributed by atoms with Gasteiger partial charge in [-0.1, -0.05) is 6.42 Å². The summed E-state index contributed by atoms with van der Waals surface area (Å²) in [7, 11) is 0. The molecule has 2 fully saturated rings. The monoisotopic (exact) mass is 214 g/mol. The first-order valence-corrected chi connectivity index (χ1v) is 3.43. The quantitative estimate of drug-likeness (QED) is 0.474. The maximum absolute atomic E-state index is 10.1. The fourth-order valence-corrected chi connectivity index (χ4v) is 1.51. The molecule has 3 atom stereocenters. The van der Waals surface area contributed by atoms with E-state index >= 15 is 0 Å². The van der Waals surface area contributed by atoms with Gasteiger partial charge in [0.25, 0.3) is 0 Å². The Morgan fingerprint density at radius 3 is 2.70 bits per heavy atom. The van der Waals surface area contributed by atoms with Gasteiger partial charge in [-0.2, -0.15) is 0 Å². The Balaban J connectivity index is 0.000000500. The van der Waals surface area contributed by atoms with Crippen molar-refractivity contribution in [1.82, 2.24) is 0 Å². The Kier molecular flexibility index (Phi) is 3.02. The molecular formula is C7H9O2Y-. The van der Waals surface area contributed by atoms with Crippen molar-refractivity contribution in [2.75, 3.05) is 0 Å². The molecule has 2 rings (SSSR count). The molecule has 1 saturated heterocycles. The third kappa shape index (κ3) is 1.66. The first-order valence-electron chi connectivity index (χ1n) is 3.43. The zero-order chi connectivity index (χ0) is 6.27. The minimum Gasteiger partial charge on any atom is -0.542 e. The molecule has 0 spiro atoms. The summed E-state index contributed by atoms with van der Waals surface area (Å²) >= 11 is 0. The van der Waals surface area contributed by atoms with E-state index in [9.17, 15) is 4.79 Å². The molecule has 0 amide bonds. The van der Waals surface area contributed by atoms with E-state index in [1.54, 1.807) is 0 Å². The minimum absolute atomic E-state index is 0. The summed E-state index contributed by atoms with van der Waals surface area (Å²) in [5, 5.41) is 0. The van der Waals surface area contributed by atoms with E-state index in [0.717, 1.165) is 19.3 Å². The van der Waals surface area contributed by atoms with Crippen LogP contribution in [0.4, 0.5) is 0 Å². The van der Waals surface area contributed by atoms with Crippen LogP contribution in [-0.2, 0) is 42.2 Å². The normalized spacial score (nSPS) is 43.0. The zero-order valence-corrected chi connectivity index (χ0v) is 8.59. The SMILES string of the molecule is O=[C-]C1CCC2OC2C1.[Y]. The topological polar surface area (TPSA) is 29.6 Å². The largest absolute Gasteiger partial charge is 0.542 e. The molecule has 0 aromatic heterocycles. The molecule has 3 unspecified atom stereocenters. The molecule has 10 heavy (non-hydrogen) atoms. The van der Waals surface area contributed by atoms with Crippen LogP contribution < -0.4 is 0 Å². The number of carbonyl (C=O) groups excluding carboxylic acids is 1. The molecular weight excluding hydrogens is 205 g/mol. The van der Waals surface area contributed by atoms with Crippen molar-refractivity contribution in [2.45, 2.75) is 31.5 Å². The number of rotatable bonds is 1. The smallest absolute Gasteiger partial charge is 0.0840 e. The summed E-state index contributed by atoms with van der Waals surface area (Å²) in [5.74, 6) is 0.175. The van der Waals surface area contributed by atoms with Gasteiger partial charge in [-0.05, 0) is 12.8 Å². The van der Waals surface area contributed by atoms with Gasteiger partial charge in [0, 0.05) is 32.7 Å². The van der Waals surface area contributed by atoms with Crippen LogP contribution in [0.2, 0.25) is 0 Å². The van der Waals surface area contributed by atoms with E-state index in [1.165, 1.54) is 0 Å². The third-order valence-corrected chi connectivity index (χ3v) is 2.17. The van der Waals surface area contributed by atoms with E-state index in [2.05, 4.69) is 0 Å². The van der Waals surface area contributed by atoms with Gasteiger partial charge in [-0.25, -0.2) is 0 Å². The van der Waals surface area contributed by atoms with E-state index < -0.39 is 0 Å². The second-order valence-corrected chi connectivity index (χ2v) is 2.84. The molecule has 1 aliphatic heterocycles. The molecule has 0 N–H and O–H groups in total. The van der Waals surface area contributed by atoms with Crippen LogP contribution in [0.5, 0.6) is 0 Å². The standard InChI is InChI=1S/C7H9O2.Y/c8-4-5-1-2-6-7(3-5)9-6;/h5-7H,1-3H2;/q-1;. The molecule has 3 heteroatoms. The number of fused-ring (bicyclic) bond motifs is 1. The third-order valence-electron chi connectivity index (χ3n) is 2.17. The van der Waals surface area contributed by atoms with Gasteiger partial charge in [-0.3, -0.25) is 6.29 Å². The molecule has 1 saturated carbocycles. The zero-order valence-electron chi connectivity index (χ0n) is 5.75. The average Bonchev–Trinajstić information content (AvgIpc) is 2.64. The van der Waals surface area contributed by atoms with Gasteiger partial charge in [0.2, 0.25) is 0 Å². The van der Waals surface area contributed by atoms with Crippen molar-refractivity contribution in [3.05, 3.63) is 0 Å². The number of hydrogen-bond donors (Lipinski definition) is 0. The number of epoxide rings is 1. The second-order valence-electron chi connectivity index (χ2n) is 2.84. The van der Waals surface area contributed by atoms with Gasteiger partial charge >= 0.3 is 0 Å². The molecule has 0 aromatic carbocycles. The number of hydrogen-bond acceptors (Lipinski definition) is 2. The van der Waals surface area contributed by atoms with Crippen LogP contribution >= 0.6 is 0 Å². The molecule has 1 heterocycles. The summed E-state index contributed by atoms with van der Waals surface area (Å²) in [6.45, 7) is 0. The van der Waals surface area contributed by atoms with Gasteiger partial charge in [0.05, 0.1) is 12.2 Å². The first-order chi connectivity index (χ1) is 4.40. The fraction of sp³-hybridized carbons (Fsp3) is 0.857. The van der Waals surface area contributed by atoms with Crippen molar-refractivity contribution in [3.8, 4) is 0 Å². The van der Waals surface area contributed by atoms with Gasteiger partial charge in [0.15, 0.2) is 0 Å². The molecule has 2 aliphatic rings. The van der Waals surface area contributed by atoms with Crippen LogP contribution in [-0.4, -0.2) is 18.5 Å². The van der Waals surface area contributed by atoms with Crippen LogP contribution in [0, 0.1) is 5.92 Å². The number of ether oxygens (including phenoxy) is 1. The Labute approximate surface area is 85.6 Å². The summed E-state index contributed by atoms with van der Waals surface area (Å²) in [6, 6.07) is 0. The summed E-state index contributed by atoms with van der Waals surface area (Å²) in [5.41, 5.74) is 0.